The van der Waals surface area contributed by atoms with Crippen LogP contribution in [0.25, 0.3) is 6.08 Å². The summed E-state index contributed by atoms with van der Waals surface area (Å²) < 4.78 is 11.8. The highest BCUT2D eigenvalue weighted by atomic mass is 35.5. The summed E-state index contributed by atoms with van der Waals surface area (Å²) >= 11 is 18.5. The summed E-state index contributed by atoms with van der Waals surface area (Å²) in [4.78, 5) is 27.3. The summed E-state index contributed by atoms with van der Waals surface area (Å²) in [6.07, 6.45) is 1.74. The number of nitrogens with one attached hydrogen (secondary N) is 1. The summed E-state index contributed by atoms with van der Waals surface area (Å²) in [5.41, 5.74) is 2.00. The first-order valence-electron chi connectivity index (χ1n) is 10.8. The molecule has 0 aliphatic carbocycles. The Labute approximate surface area is 228 Å². The number of carbonyl (C=O) groups excluding carboxylic acids is 2. The first kappa shape index (κ1) is 26.0. The summed E-state index contributed by atoms with van der Waals surface area (Å²) in [5.74, 6) is 0.326. The molecule has 1 heterocycles. The van der Waals surface area contributed by atoms with Gasteiger partial charge in [0.1, 0.15) is 0 Å². The van der Waals surface area contributed by atoms with Crippen LogP contribution in [0, 0.1) is 0 Å². The molecule has 1 N–H and O–H groups in total. The van der Waals surface area contributed by atoms with Gasteiger partial charge in [0.25, 0.3) is 11.8 Å². The Hall–Kier alpha value is -3.04. The van der Waals surface area contributed by atoms with E-state index in [2.05, 4.69) is 5.32 Å². The number of hydrogen-bond acceptors (Lipinski definition) is 6. The van der Waals surface area contributed by atoms with Crippen LogP contribution in [0.2, 0.25) is 10.0 Å². The van der Waals surface area contributed by atoms with Crippen LogP contribution in [-0.4, -0.2) is 29.3 Å². The van der Waals surface area contributed by atoms with Crippen molar-refractivity contribution >= 4 is 80.8 Å². The zero-order chi connectivity index (χ0) is 25.7. The third kappa shape index (κ3) is 6.39. The van der Waals surface area contributed by atoms with Crippen LogP contribution in [0.1, 0.15) is 12.5 Å². The van der Waals surface area contributed by atoms with E-state index in [9.17, 15) is 9.59 Å². The zero-order valence-electron chi connectivity index (χ0n) is 19.0. The second-order valence-electron chi connectivity index (χ2n) is 7.48. The fourth-order valence-corrected chi connectivity index (χ4v) is 4.86. The first-order chi connectivity index (χ1) is 17.3. The van der Waals surface area contributed by atoms with Crippen LogP contribution < -0.4 is 19.7 Å². The Kier molecular flexibility index (Phi) is 8.53. The lowest BCUT2D eigenvalue weighted by Gasteiger charge is -2.14. The largest absolute Gasteiger partial charge is 0.490 e. The maximum Gasteiger partial charge on any atom is 0.270 e. The Morgan fingerprint density at radius 1 is 1.00 bits per heavy atom. The third-order valence-corrected chi connectivity index (χ3v) is 6.74. The third-order valence-electron chi connectivity index (χ3n) is 4.93. The predicted octanol–water partition coefficient (Wildman–Crippen LogP) is 6.82. The van der Waals surface area contributed by atoms with Gasteiger partial charge in [0.2, 0.25) is 0 Å². The van der Waals surface area contributed by atoms with Gasteiger partial charge in [0.05, 0.1) is 17.2 Å². The van der Waals surface area contributed by atoms with Crippen molar-refractivity contribution in [2.24, 2.45) is 0 Å². The molecule has 0 aromatic heterocycles. The lowest BCUT2D eigenvalue weighted by Crippen LogP contribution is -2.27. The number of benzene rings is 3. The van der Waals surface area contributed by atoms with E-state index in [-0.39, 0.29) is 18.4 Å². The van der Waals surface area contributed by atoms with E-state index >= 15 is 0 Å². The Balaban J connectivity index is 1.47. The Bertz CT molecular complexity index is 1330. The van der Waals surface area contributed by atoms with Crippen LogP contribution in [0.5, 0.6) is 11.5 Å². The fourth-order valence-electron chi connectivity index (χ4n) is 3.31. The van der Waals surface area contributed by atoms with Gasteiger partial charge in [-0.1, -0.05) is 53.2 Å². The molecular formula is C26H20Cl2N2O4S2. The summed E-state index contributed by atoms with van der Waals surface area (Å²) in [7, 11) is 0. The van der Waals surface area contributed by atoms with Crippen molar-refractivity contribution in [2.45, 2.75) is 6.92 Å². The topological polar surface area (TPSA) is 67.9 Å². The lowest BCUT2D eigenvalue weighted by molar-refractivity contribution is -0.118. The minimum absolute atomic E-state index is 0.207. The second-order valence-corrected chi connectivity index (χ2v) is 10.0. The number of amides is 2. The van der Waals surface area contributed by atoms with E-state index in [1.807, 2.05) is 6.92 Å². The van der Waals surface area contributed by atoms with E-state index < -0.39 is 0 Å². The molecule has 1 saturated heterocycles. The van der Waals surface area contributed by atoms with Gasteiger partial charge in [0.15, 0.2) is 22.4 Å². The standard InChI is InChI=1S/C26H20Cl2N2O4S2/c1-2-33-22-13-16(3-12-21(22)34-15-24(31)29-19-8-4-17(27)5-9-19)14-23-25(32)30(26(35)36-23)20-10-6-18(28)7-11-20/h3-14H,2,15H2,1H3,(H,29,31)/b23-14-. The molecular weight excluding hydrogens is 539 g/mol. The molecule has 0 atom stereocenters. The second kappa shape index (κ2) is 11.8. The van der Waals surface area contributed by atoms with Crippen molar-refractivity contribution < 1.29 is 19.1 Å². The van der Waals surface area contributed by atoms with E-state index in [0.717, 1.165) is 5.56 Å². The monoisotopic (exact) mass is 558 g/mol. The number of nitrogens with zero attached hydrogens (tertiary/aromatic N) is 1. The van der Waals surface area contributed by atoms with Gasteiger partial charge in [-0.3, -0.25) is 14.5 Å². The molecule has 0 spiro atoms. The number of thioether (sulfide) groups is 1. The van der Waals surface area contributed by atoms with Gasteiger partial charge < -0.3 is 14.8 Å². The van der Waals surface area contributed by atoms with Gasteiger partial charge >= 0.3 is 0 Å². The number of ether oxygens (including phenoxy) is 2. The Morgan fingerprint density at radius 2 is 1.67 bits per heavy atom. The minimum Gasteiger partial charge on any atom is -0.490 e. The number of hydrogen-bond donors (Lipinski definition) is 1. The normalized spacial score (nSPS) is 14.3. The summed E-state index contributed by atoms with van der Waals surface area (Å²) in [5, 5.41) is 3.90. The van der Waals surface area contributed by atoms with Crippen molar-refractivity contribution in [1.29, 1.82) is 0 Å². The highest BCUT2D eigenvalue weighted by Crippen LogP contribution is 2.37. The van der Waals surface area contributed by atoms with Gasteiger partial charge in [0, 0.05) is 15.7 Å². The summed E-state index contributed by atoms with van der Waals surface area (Å²) in [6.45, 7) is 2.04. The fraction of sp³-hybridized carbons (Fsp3) is 0.115. The molecule has 36 heavy (non-hydrogen) atoms. The molecule has 10 heteroatoms. The maximum absolute atomic E-state index is 13.0. The smallest absolute Gasteiger partial charge is 0.270 e. The molecule has 0 unspecified atom stereocenters. The molecule has 4 rings (SSSR count). The van der Waals surface area contributed by atoms with Crippen molar-refractivity contribution in [2.75, 3.05) is 23.4 Å². The average molecular weight is 559 g/mol. The zero-order valence-corrected chi connectivity index (χ0v) is 22.1. The van der Waals surface area contributed by atoms with E-state index in [4.69, 9.17) is 44.9 Å². The van der Waals surface area contributed by atoms with Crippen molar-refractivity contribution in [3.8, 4) is 11.5 Å². The summed E-state index contributed by atoms with van der Waals surface area (Å²) in [6, 6.07) is 18.9. The predicted molar refractivity (Wildman–Crippen MR) is 150 cm³/mol. The molecule has 184 valence electrons. The number of thiocarbonyl (C=S) groups is 1. The maximum atomic E-state index is 13.0. The van der Waals surface area contributed by atoms with Crippen molar-refractivity contribution in [3.05, 3.63) is 87.2 Å². The van der Waals surface area contributed by atoms with Gasteiger partial charge in [-0.15, -0.1) is 0 Å². The quantitative estimate of drug-likeness (QED) is 0.242. The van der Waals surface area contributed by atoms with Crippen LogP contribution in [-0.2, 0) is 9.59 Å². The molecule has 2 amide bonds. The van der Waals surface area contributed by atoms with Crippen molar-refractivity contribution in [1.82, 2.24) is 0 Å². The van der Waals surface area contributed by atoms with Crippen LogP contribution in [0.15, 0.2) is 71.6 Å². The highest BCUT2D eigenvalue weighted by molar-refractivity contribution is 8.27. The Morgan fingerprint density at radius 3 is 2.33 bits per heavy atom. The number of anilines is 2. The van der Waals surface area contributed by atoms with Gasteiger partial charge in [-0.05, 0) is 79.2 Å². The highest BCUT2D eigenvalue weighted by Gasteiger charge is 2.33. The molecule has 1 aliphatic rings. The van der Waals surface area contributed by atoms with Crippen LogP contribution in [0.4, 0.5) is 11.4 Å². The molecule has 3 aromatic carbocycles. The molecule has 3 aromatic rings. The van der Waals surface area contributed by atoms with Crippen LogP contribution in [0.3, 0.4) is 0 Å². The molecule has 0 bridgehead atoms. The first-order valence-corrected chi connectivity index (χ1v) is 12.8. The molecule has 1 aliphatic heterocycles. The number of rotatable bonds is 8. The minimum atomic E-state index is -0.324. The van der Waals surface area contributed by atoms with E-state index in [1.165, 1.54) is 16.7 Å². The molecule has 1 fully saturated rings. The van der Waals surface area contributed by atoms with Crippen LogP contribution >= 0.6 is 47.2 Å². The molecule has 0 saturated carbocycles. The molecule has 6 nitrogen and oxygen atoms in total. The van der Waals surface area contributed by atoms with Gasteiger partial charge in [-0.25, -0.2) is 0 Å². The number of carbonyl (C=O) groups is 2. The average Bonchev–Trinajstić information content (AvgIpc) is 3.13. The van der Waals surface area contributed by atoms with Gasteiger partial charge in [-0.2, -0.15) is 0 Å². The van der Waals surface area contributed by atoms with E-state index in [0.29, 0.717) is 48.8 Å². The number of halogens is 2. The van der Waals surface area contributed by atoms with Crippen molar-refractivity contribution in [3.63, 3.8) is 0 Å². The van der Waals surface area contributed by atoms with E-state index in [1.54, 1.807) is 72.8 Å². The lowest BCUT2D eigenvalue weighted by atomic mass is 10.1. The molecule has 0 radical (unpaired) electrons. The SMILES string of the molecule is CCOc1cc(/C=C2\SC(=S)N(c3ccc(Cl)cc3)C2=O)ccc1OCC(=O)Nc1ccc(Cl)cc1.